The fourth-order valence-electron chi connectivity index (χ4n) is 4.73. The molecule has 0 bridgehead atoms. The molecule has 11 heteroatoms. The molecule has 0 amide bonds. The van der Waals surface area contributed by atoms with Gasteiger partial charge in [0, 0.05) is 17.0 Å². The summed E-state index contributed by atoms with van der Waals surface area (Å²) < 4.78 is 41.5. The Morgan fingerprint density at radius 2 is 1.64 bits per heavy atom. The molecule has 0 spiro atoms. The smallest absolute Gasteiger partial charge is 0.428 e. The van der Waals surface area contributed by atoms with E-state index in [4.69, 9.17) is 26.1 Å². The third-order valence-corrected chi connectivity index (χ3v) is 8.49. The van der Waals surface area contributed by atoms with Gasteiger partial charge in [-0.1, -0.05) is 67.4 Å². The number of fused-ring (bicyclic) bond motifs is 1. The van der Waals surface area contributed by atoms with Crippen LogP contribution in [0.4, 0.5) is 10.6 Å². The molecule has 0 fully saturated rings. The number of hydrogen-bond donors (Lipinski definition) is 1. The zero-order valence-corrected chi connectivity index (χ0v) is 27.2. The molecule has 9 nitrogen and oxygen atoms in total. The quantitative estimate of drug-likeness (QED) is 0.120. The van der Waals surface area contributed by atoms with Gasteiger partial charge in [0.05, 0.1) is 11.4 Å². The second-order valence-corrected chi connectivity index (χ2v) is 13.7. The minimum Gasteiger partial charge on any atom is -0.428 e. The number of aryl methyl sites for hydroxylation is 1. The lowest BCUT2D eigenvalue weighted by atomic mass is 10.0. The van der Waals surface area contributed by atoms with Gasteiger partial charge in [0.2, 0.25) is 0 Å². The van der Waals surface area contributed by atoms with Crippen molar-refractivity contribution in [2.24, 2.45) is 0 Å². The van der Waals surface area contributed by atoms with Crippen molar-refractivity contribution in [1.29, 1.82) is 0 Å². The molecule has 45 heavy (non-hydrogen) atoms. The van der Waals surface area contributed by atoms with E-state index >= 15 is 0 Å². The van der Waals surface area contributed by atoms with Gasteiger partial charge in [-0.3, -0.25) is 4.72 Å². The minimum absolute atomic E-state index is 0.0871. The number of para-hydroxylation sites is 1. The van der Waals surface area contributed by atoms with Gasteiger partial charge in [-0.25, -0.2) is 23.2 Å². The number of carbonyl (C=O) groups excluding carboxylic acids is 1. The van der Waals surface area contributed by atoms with Crippen LogP contribution in [-0.4, -0.2) is 34.7 Å². The highest BCUT2D eigenvalue weighted by Crippen LogP contribution is 2.31. The second-order valence-electron chi connectivity index (χ2n) is 11.6. The summed E-state index contributed by atoms with van der Waals surface area (Å²) in [7, 11) is -3.87. The number of aromatic nitrogens is 3. The van der Waals surface area contributed by atoms with E-state index in [-0.39, 0.29) is 10.7 Å². The summed E-state index contributed by atoms with van der Waals surface area (Å²) in [4.78, 5) is 21.9. The van der Waals surface area contributed by atoms with Crippen molar-refractivity contribution >= 4 is 44.8 Å². The van der Waals surface area contributed by atoms with Crippen LogP contribution in [-0.2, 0) is 27.7 Å². The fourth-order valence-corrected chi connectivity index (χ4v) is 5.86. The SMILES string of the molecule is CCCCc1nc2ccc(NS(=O)(=O)c3ccc(Cl)cc3)nc2n1Cc1ccc(-c2ccccc2OC(=O)OC(C)(C)C)cc1. The fraction of sp³-hybridized carbons (Fsp3) is 0.265. The Labute approximate surface area is 268 Å². The summed E-state index contributed by atoms with van der Waals surface area (Å²) in [5, 5.41) is 0.448. The molecule has 5 rings (SSSR count). The van der Waals surface area contributed by atoms with Crippen molar-refractivity contribution in [1.82, 2.24) is 14.5 Å². The topological polar surface area (TPSA) is 112 Å². The number of pyridine rings is 1. The molecule has 0 radical (unpaired) electrons. The van der Waals surface area contributed by atoms with Crippen molar-refractivity contribution in [2.75, 3.05) is 4.72 Å². The lowest BCUT2D eigenvalue weighted by molar-refractivity contribution is 0.0207. The van der Waals surface area contributed by atoms with Crippen LogP contribution in [0, 0.1) is 0 Å². The lowest BCUT2D eigenvalue weighted by Gasteiger charge is -2.19. The average molecular weight is 647 g/mol. The number of ether oxygens (including phenoxy) is 2. The third-order valence-electron chi connectivity index (χ3n) is 6.86. The molecule has 0 aliphatic carbocycles. The van der Waals surface area contributed by atoms with Gasteiger partial charge >= 0.3 is 6.16 Å². The van der Waals surface area contributed by atoms with Crippen molar-refractivity contribution < 1.29 is 22.7 Å². The molecule has 2 heterocycles. The van der Waals surface area contributed by atoms with Gasteiger partial charge in [0.1, 0.15) is 28.5 Å². The van der Waals surface area contributed by atoms with E-state index in [1.54, 1.807) is 45.0 Å². The van der Waals surface area contributed by atoms with E-state index in [2.05, 4.69) is 16.6 Å². The van der Waals surface area contributed by atoms with Crippen LogP contribution in [0.3, 0.4) is 0 Å². The predicted octanol–water partition coefficient (Wildman–Crippen LogP) is 8.26. The summed E-state index contributed by atoms with van der Waals surface area (Å²) in [6, 6.07) is 24.6. The molecule has 0 aliphatic heterocycles. The Hall–Kier alpha value is -4.41. The number of unbranched alkanes of at least 4 members (excludes halogenated alkanes) is 1. The van der Waals surface area contributed by atoms with Crippen LogP contribution in [0.1, 0.15) is 51.9 Å². The van der Waals surface area contributed by atoms with Gasteiger partial charge in [-0.05, 0) is 80.8 Å². The number of anilines is 1. The number of carbonyl (C=O) groups is 1. The summed E-state index contributed by atoms with van der Waals surface area (Å²) in [6.45, 7) is 7.95. The Kier molecular flexibility index (Phi) is 9.45. The number of imidazole rings is 1. The summed E-state index contributed by atoms with van der Waals surface area (Å²) in [5.41, 5.74) is 3.22. The Morgan fingerprint density at radius 3 is 2.33 bits per heavy atom. The Balaban J connectivity index is 1.42. The standard InChI is InChI=1S/C34H35ClN4O5S/c1-5-6-11-31-36-28-20-21-30(38-45(41,42)26-18-16-25(35)17-19-26)37-32(28)39(31)22-23-12-14-24(15-13-23)27-9-7-8-10-29(27)43-33(40)44-34(2,3)4/h7-10,12-21H,5-6,11,22H2,1-4H3,(H,37,38). The van der Waals surface area contributed by atoms with Crippen molar-refractivity contribution in [2.45, 2.75) is 64.0 Å². The predicted molar refractivity (Wildman–Crippen MR) is 176 cm³/mol. The van der Waals surface area contributed by atoms with Gasteiger partial charge in [0.25, 0.3) is 10.0 Å². The number of rotatable bonds is 10. The molecule has 1 N–H and O–H groups in total. The molecule has 234 valence electrons. The zero-order valence-electron chi connectivity index (χ0n) is 25.6. The van der Waals surface area contributed by atoms with Crippen LogP contribution >= 0.6 is 11.6 Å². The normalized spacial score (nSPS) is 11.8. The first-order valence-corrected chi connectivity index (χ1v) is 16.5. The maximum absolute atomic E-state index is 13.0. The molecule has 3 aromatic carbocycles. The first-order chi connectivity index (χ1) is 21.4. The van der Waals surface area contributed by atoms with Crippen LogP contribution in [0.2, 0.25) is 5.02 Å². The molecule has 0 atom stereocenters. The van der Waals surface area contributed by atoms with Crippen molar-refractivity contribution in [3.05, 3.63) is 101 Å². The van der Waals surface area contributed by atoms with Crippen molar-refractivity contribution in [3.63, 3.8) is 0 Å². The first-order valence-electron chi connectivity index (χ1n) is 14.7. The molecular formula is C34H35ClN4O5S. The van der Waals surface area contributed by atoms with E-state index in [9.17, 15) is 13.2 Å². The highest BCUT2D eigenvalue weighted by atomic mass is 35.5. The van der Waals surface area contributed by atoms with Gasteiger partial charge < -0.3 is 14.0 Å². The molecule has 0 saturated carbocycles. The van der Waals surface area contributed by atoms with Crippen LogP contribution < -0.4 is 9.46 Å². The summed E-state index contributed by atoms with van der Waals surface area (Å²) in [6.07, 6.45) is 1.95. The molecule has 0 aliphatic rings. The van der Waals surface area contributed by atoms with E-state index in [0.29, 0.717) is 28.5 Å². The number of halogens is 1. The molecular weight excluding hydrogens is 612 g/mol. The lowest BCUT2D eigenvalue weighted by Crippen LogP contribution is -2.26. The summed E-state index contributed by atoms with van der Waals surface area (Å²) in [5.74, 6) is 1.47. The largest absolute Gasteiger partial charge is 0.514 e. The monoisotopic (exact) mass is 646 g/mol. The van der Waals surface area contributed by atoms with E-state index in [0.717, 1.165) is 41.8 Å². The number of hydrogen-bond acceptors (Lipinski definition) is 7. The van der Waals surface area contributed by atoms with Crippen LogP contribution in [0.5, 0.6) is 5.75 Å². The zero-order chi connectivity index (χ0) is 32.2. The van der Waals surface area contributed by atoms with Crippen LogP contribution in [0.15, 0.2) is 89.8 Å². The average Bonchev–Trinajstić information content (AvgIpc) is 3.32. The van der Waals surface area contributed by atoms with Crippen LogP contribution in [0.25, 0.3) is 22.3 Å². The maximum Gasteiger partial charge on any atom is 0.514 e. The Morgan fingerprint density at radius 1 is 0.933 bits per heavy atom. The highest BCUT2D eigenvalue weighted by molar-refractivity contribution is 7.92. The van der Waals surface area contributed by atoms with Gasteiger partial charge in [-0.15, -0.1) is 0 Å². The minimum atomic E-state index is -3.87. The molecule has 0 unspecified atom stereocenters. The third kappa shape index (κ3) is 8.01. The first kappa shape index (κ1) is 32.0. The van der Waals surface area contributed by atoms with Gasteiger partial charge in [0.15, 0.2) is 5.65 Å². The number of benzene rings is 3. The molecule has 2 aromatic heterocycles. The Bertz CT molecular complexity index is 1920. The number of nitrogens with one attached hydrogen (secondary N) is 1. The van der Waals surface area contributed by atoms with E-state index in [1.807, 2.05) is 41.0 Å². The van der Waals surface area contributed by atoms with Crippen molar-refractivity contribution in [3.8, 4) is 16.9 Å². The van der Waals surface area contributed by atoms with E-state index in [1.165, 1.54) is 24.3 Å². The molecule has 5 aromatic rings. The van der Waals surface area contributed by atoms with Gasteiger partial charge in [-0.2, -0.15) is 0 Å². The number of nitrogens with zero attached hydrogens (tertiary/aromatic N) is 3. The highest BCUT2D eigenvalue weighted by Gasteiger charge is 2.20. The summed E-state index contributed by atoms with van der Waals surface area (Å²) >= 11 is 5.93. The van der Waals surface area contributed by atoms with E-state index < -0.39 is 21.8 Å². The molecule has 0 saturated heterocycles. The second kappa shape index (κ2) is 13.3. The maximum atomic E-state index is 13.0. The number of sulfonamides is 1.